The molecule has 76 valence electrons. The van der Waals surface area contributed by atoms with Gasteiger partial charge in [0, 0.05) is 12.0 Å². The fourth-order valence-corrected chi connectivity index (χ4v) is 1.31. The standard InChI is InChI=1S/C11H16N2O/c1-7(2)8-3-4-10(14)9(5-8)6-11(12)13/h3-5,7,14H,6H2,1-2H3,(H3,12,13). The van der Waals surface area contributed by atoms with Crippen LogP contribution in [0, 0.1) is 5.41 Å². The Morgan fingerprint density at radius 3 is 2.64 bits per heavy atom. The number of nitrogens with two attached hydrogens (primary N) is 1. The van der Waals surface area contributed by atoms with Crippen molar-refractivity contribution in [1.29, 1.82) is 5.41 Å². The summed E-state index contributed by atoms with van der Waals surface area (Å²) < 4.78 is 0. The molecule has 0 fully saturated rings. The molecule has 0 heterocycles. The van der Waals surface area contributed by atoms with Crippen LogP contribution in [0.5, 0.6) is 5.75 Å². The zero-order chi connectivity index (χ0) is 10.7. The van der Waals surface area contributed by atoms with Gasteiger partial charge < -0.3 is 10.8 Å². The van der Waals surface area contributed by atoms with E-state index >= 15 is 0 Å². The van der Waals surface area contributed by atoms with Gasteiger partial charge in [-0.3, -0.25) is 5.41 Å². The quantitative estimate of drug-likeness (QED) is 0.506. The summed E-state index contributed by atoms with van der Waals surface area (Å²) in [6.45, 7) is 4.17. The molecule has 14 heavy (non-hydrogen) atoms. The average molecular weight is 192 g/mol. The lowest BCUT2D eigenvalue weighted by molar-refractivity contribution is 0.469. The van der Waals surface area contributed by atoms with Crippen LogP contribution in [0.25, 0.3) is 0 Å². The van der Waals surface area contributed by atoms with Crippen LogP contribution in [0.4, 0.5) is 0 Å². The van der Waals surface area contributed by atoms with Gasteiger partial charge >= 0.3 is 0 Å². The highest BCUT2D eigenvalue weighted by molar-refractivity contribution is 5.80. The third-order valence-electron chi connectivity index (χ3n) is 2.15. The molecule has 0 atom stereocenters. The summed E-state index contributed by atoms with van der Waals surface area (Å²) in [4.78, 5) is 0. The summed E-state index contributed by atoms with van der Waals surface area (Å²) in [5.74, 6) is 0.701. The Labute approximate surface area is 84.1 Å². The van der Waals surface area contributed by atoms with Crippen molar-refractivity contribution < 1.29 is 5.11 Å². The Balaban J connectivity index is 3.02. The normalized spacial score (nSPS) is 10.5. The molecule has 0 aliphatic rings. The minimum absolute atomic E-state index is 0.0706. The van der Waals surface area contributed by atoms with Gasteiger partial charge in [-0.05, 0) is 17.5 Å². The van der Waals surface area contributed by atoms with Gasteiger partial charge in [0.2, 0.25) is 0 Å². The van der Waals surface area contributed by atoms with E-state index < -0.39 is 0 Å². The molecule has 1 rings (SSSR count). The van der Waals surface area contributed by atoms with Crippen molar-refractivity contribution in [1.82, 2.24) is 0 Å². The minimum Gasteiger partial charge on any atom is -0.508 e. The molecule has 0 saturated carbocycles. The molecular weight excluding hydrogens is 176 g/mol. The fraction of sp³-hybridized carbons (Fsp3) is 0.364. The number of benzene rings is 1. The first-order chi connectivity index (χ1) is 6.50. The van der Waals surface area contributed by atoms with Crippen molar-refractivity contribution in [3.05, 3.63) is 29.3 Å². The van der Waals surface area contributed by atoms with Crippen LogP contribution in [0.3, 0.4) is 0 Å². The lowest BCUT2D eigenvalue weighted by Gasteiger charge is -2.09. The smallest absolute Gasteiger partial charge is 0.119 e. The summed E-state index contributed by atoms with van der Waals surface area (Å²) in [7, 11) is 0. The van der Waals surface area contributed by atoms with Gasteiger partial charge in [0.05, 0.1) is 5.84 Å². The average Bonchev–Trinajstić information content (AvgIpc) is 2.07. The molecule has 0 radical (unpaired) electrons. The molecule has 0 unspecified atom stereocenters. The monoisotopic (exact) mass is 192 g/mol. The van der Waals surface area contributed by atoms with Gasteiger partial charge in [0.1, 0.15) is 5.75 Å². The van der Waals surface area contributed by atoms with E-state index in [1.165, 1.54) is 0 Å². The van der Waals surface area contributed by atoms with E-state index in [4.69, 9.17) is 11.1 Å². The molecule has 0 saturated heterocycles. The van der Waals surface area contributed by atoms with E-state index in [2.05, 4.69) is 13.8 Å². The number of amidine groups is 1. The van der Waals surface area contributed by atoms with Crippen LogP contribution in [0.2, 0.25) is 0 Å². The minimum atomic E-state index is 0.0706. The molecule has 4 N–H and O–H groups in total. The van der Waals surface area contributed by atoms with E-state index in [0.29, 0.717) is 12.3 Å². The lowest BCUT2D eigenvalue weighted by Crippen LogP contribution is -2.13. The predicted octanol–water partition coefficient (Wildman–Crippen LogP) is 1.99. The molecule has 1 aromatic carbocycles. The van der Waals surface area contributed by atoms with E-state index in [9.17, 15) is 5.11 Å². The highest BCUT2D eigenvalue weighted by atomic mass is 16.3. The number of hydrogen-bond acceptors (Lipinski definition) is 2. The summed E-state index contributed by atoms with van der Waals surface area (Å²) in [5.41, 5.74) is 7.17. The zero-order valence-corrected chi connectivity index (χ0v) is 8.54. The molecule has 3 nitrogen and oxygen atoms in total. The zero-order valence-electron chi connectivity index (χ0n) is 8.54. The Morgan fingerprint density at radius 1 is 1.50 bits per heavy atom. The van der Waals surface area contributed by atoms with Crippen LogP contribution in [0.1, 0.15) is 30.9 Å². The Hall–Kier alpha value is -1.51. The van der Waals surface area contributed by atoms with Gasteiger partial charge in [-0.25, -0.2) is 0 Å². The summed E-state index contributed by atoms with van der Waals surface area (Å²) >= 11 is 0. The molecule has 0 bridgehead atoms. The Bertz CT molecular complexity index is 345. The van der Waals surface area contributed by atoms with Crippen molar-refractivity contribution in [2.24, 2.45) is 5.73 Å². The molecule has 1 aromatic rings. The molecule has 3 heteroatoms. The summed E-state index contributed by atoms with van der Waals surface area (Å²) in [6, 6.07) is 5.46. The van der Waals surface area contributed by atoms with Crippen molar-refractivity contribution in [2.75, 3.05) is 0 Å². The lowest BCUT2D eigenvalue weighted by atomic mass is 9.99. The SMILES string of the molecule is CC(C)c1ccc(O)c(CC(=N)N)c1. The number of nitrogens with one attached hydrogen (secondary N) is 1. The number of phenolic OH excluding ortho intramolecular Hbond substituents is 1. The maximum atomic E-state index is 9.51. The largest absolute Gasteiger partial charge is 0.508 e. The Morgan fingerprint density at radius 2 is 2.14 bits per heavy atom. The second-order valence-electron chi connectivity index (χ2n) is 3.74. The van der Waals surface area contributed by atoms with Crippen molar-refractivity contribution in [3.63, 3.8) is 0 Å². The summed E-state index contributed by atoms with van der Waals surface area (Å²) in [6.07, 6.45) is 0.312. The van der Waals surface area contributed by atoms with Gasteiger partial charge in [-0.2, -0.15) is 0 Å². The highest BCUT2D eigenvalue weighted by Crippen LogP contribution is 2.23. The van der Waals surface area contributed by atoms with Crippen molar-refractivity contribution in [2.45, 2.75) is 26.2 Å². The molecule has 0 amide bonds. The van der Waals surface area contributed by atoms with Crippen LogP contribution in [0.15, 0.2) is 18.2 Å². The summed E-state index contributed by atoms with van der Waals surface area (Å²) in [5, 5.41) is 16.7. The van der Waals surface area contributed by atoms with Crippen LogP contribution in [-0.4, -0.2) is 10.9 Å². The van der Waals surface area contributed by atoms with Crippen LogP contribution in [-0.2, 0) is 6.42 Å². The molecule has 0 aromatic heterocycles. The molecule has 0 aliphatic carbocycles. The van der Waals surface area contributed by atoms with Crippen LogP contribution < -0.4 is 5.73 Å². The van der Waals surface area contributed by atoms with E-state index in [0.717, 1.165) is 11.1 Å². The van der Waals surface area contributed by atoms with Gasteiger partial charge in [0.15, 0.2) is 0 Å². The first-order valence-corrected chi connectivity index (χ1v) is 4.65. The first kappa shape index (κ1) is 10.6. The molecular formula is C11H16N2O. The van der Waals surface area contributed by atoms with E-state index in [1.807, 2.05) is 12.1 Å². The number of phenols is 1. The van der Waals surface area contributed by atoms with Gasteiger partial charge in [-0.1, -0.05) is 26.0 Å². The molecule has 0 spiro atoms. The van der Waals surface area contributed by atoms with Gasteiger partial charge in [0.25, 0.3) is 0 Å². The third kappa shape index (κ3) is 2.49. The Kier molecular flexibility index (Phi) is 3.12. The van der Waals surface area contributed by atoms with Crippen molar-refractivity contribution in [3.8, 4) is 5.75 Å². The maximum Gasteiger partial charge on any atom is 0.119 e. The van der Waals surface area contributed by atoms with Crippen LogP contribution >= 0.6 is 0 Å². The maximum absolute atomic E-state index is 9.51. The fourth-order valence-electron chi connectivity index (χ4n) is 1.31. The predicted molar refractivity (Wildman–Crippen MR) is 57.8 cm³/mol. The number of rotatable bonds is 3. The first-order valence-electron chi connectivity index (χ1n) is 4.65. The second-order valence-corrected chi connectivity index (χ2v) is 3.74. The van der Waals surface area contributed by atoms with Gasteiger partial charge in [-0.15, -0.1) is 0 Å². The van der Waals surface area contributed by atoms with E-state index in [1.54, 1.807) is 6.07 Å². The van der Waals surface area contributed by atoms with E-state index in [-0.39, 0.29) is 11.6 Å². The number of hydrogen-bond donors (Lipinski definition) is 3. The topological polar surface area (TPSA) is 70.1 Å². The second kappa shape index (κ2) is 4.13. The molecule has 0 aliphatic heterocycles. The highest BCUT2D eigenvalue weighted by Gasteiger charge is 2.06. The number of aromatic hydroxyl groups is 1. The van der Waals surface area contributed by atoms with Crippen molar-refractivity contribution >= 4 is 5.84 Å². The third-order valence-corrected chi connectivity index (χ3v) is 2.15.